The van der Waals surface area contributed by atoms with Crippen LogP contribution >= 0.6 is 11.6 Å². The zero-order valence-electron chi connectivity index (χ0n) is 18.9. The minimum Gasteiger partial charge on any atom is -0.320 e. The molecule has 1 aromatic carbocycles. The number of nitrogens with zero attached hydrogens (tertiary/aromatic N) is 8. The van der Waals surface area contributed by atoms with Crippen molar-refractivity contribution in [3.05, 3.63) is 89.5 Å². The third-order valence-corrected chi connectivity index (χ3v) is 5.85. The van der Waals surface area contributed by atoms with E-state index in [0.717, 1.165) is 11.6 Å². The lowest BCUT2D eigenvalue weighted by atomic mass is 10.2. The highest BCUT2D eigenvalue weighted by atomic mass is 35.5. The number of benzene rings is 1. The van der Waals surface area contributed by atoms with Crippen LogP contribution in [0.4, 0.5) is 18.9 Å². The summed E-state index contributed by atoms with van der Waals surface area (Å²) >= 11 is 6.35. The number of para-hydroxylation sites is 1. The van der Waals surface area contributed by atoms with Crippen molar-refractivity contribution in [2.24, 2.45) is 0 Å². The van der Waals surface area contributed by atoms with Gasteiger partial charge in [0.25, 0.3) is 5.91 Å². The number of rotatable bonds is 4. The minimum atomic E-state index is -4.91. The maximum atomic E-state index is 14.1. The Kier molecular flexibility index (Phi) is 5.49. The molecule has 6 rings (SSSR count). The summed E-state index contributed by atoms with van der Waals surface area (Å²) in [7, 11) is 0. The molecule has 5 heterocycles. The maximum absolute atomic E-state index is 14.1. The lowest BCUT2D eigenvalue weighted by molar-refractivity contribution is -0.143. The van der Waals surface area contributed by atoms with E-state index in [0.29, 0.717) is 21.4 Å². The molecule has 0 saturated heterocycles. The Bertz CT molecular complexity index is 1850. The van der Waals surface area contributed by atoms with Gasteiger partial charge in [-0.1, -0.05) is 35.0 Å². The third-order valence-electron chi connectivity index (χ3n) is 5.57. The second-order valence-electron chi connectivity index (χ2n) is 8.01. The highest BCUT2D eigenvalue weighted by Crippen LogP contribution is 2.34. The van der Waals surface area contributed by atoms with Crippen molar-refractivity contribution in [3.8, 4) is 11.6 Å². The molecule has 0 atom stereocenters. The molecule has 1 N–H and O–H groups in total. The van der Waals surface area contributed by atoms with Crippen LogP contribution in [0.5, 0.6) is 0 Å². The van der Waals surface area contributed by atoms with E-state index in [1.165, 1.54) is 23.0 Å². The van der Waals surface area contributed by atoms with Crippen LogP contribution in [-0.4, -0.2) is 45.6 Å². The molecule has 6 aromatic rings. The average Bonchev–Trinajstić information content (AvgIpc) is 3.54. The summed E-state index contributed by atoms with van der Waals surface area (Å²) in [5, 5.41) is 15.0. The van der Waals surface area contributed by atoms with Crippen molar-refractivity contribution in [1.82, 2.24) is 39.7 Å². The van der Waals surface area contributed by atoms with E-state index >= 15 is 0 Å². The normalized spacial score (nSPS) is 11.8. The molecule has 0 aliphatic rings. The van der Waals surface area contributed by atoms with Crippen molar-refractivity contribution in [2.45, 2.75) is 6.18 Å². The van der Waals surface area contributed by atoms with Gasteiger partial charge in [0.2, 0.25) is 0 Å². The molecule has 0 radical (unpaired) electrons. The number of aromatic nitrogens is 8. The molecular formula is C24H13ClF3N9O. The zero-order valence-corrected chi connectivity index (χ0v) is 19.7. The zero-order chi connectivity index (χ0) is 26.4. The van der Waals surface area contributed by atoms with Crippen molar-refractivity contribution in [3.63, 3.8) is 0 Å². The first kappa shape index (κ1) is 23.5. The molecular weight excluding hydrogens is 523 g/mol. The van der Waals surface area contributed by atoms with Crippen LogP contribution in [-0.2, 0) is 6.18 Å². The van der Waals surface area contributed by atoms with Crippen LogP contribution in [0, 0.1) is 0 Å². The number of fused-ring (bicyclic) bond motifs is 2. The van der Waals surface area contributed by atoms with Crippen molar-refractivity contribution >= 4 is 45.3 Å². The molecule has 1 amide bonds. The maximum Gasteiger partial charge on any atom is 0.434 e. The largest absolute Gasteiger partial charge is 0.434 e. The third kappa shape index (κ3) is 4.08. The standard InChI is InChI=1S/C24H13ClF3N9O/c25-16-10-14(11-30-21(16)37-22-18(34-35-37)6-3-9-29-22)32-23(38)15-12-31-36(20(15)24(26,27)28)19-8-7-13-4-1-2-5-17(13)33-19/h1-12H,(H,32,38). The molecule has 0 spiro atoms. The first-order valence-corrected chi connectivity index (χ1v) is 11.3. The molecule has 0 saturated carbocycles. The monoisotopic (exact) mass is 535 g/mol. The topological polar surface area (TPSA) is 116 Å². The average molecular weight is 536 g/mol. The van der Waals surface area contributed by atoms with Gasteiger partial charge in [0.1, 0.15) is 5.52 Å². The van der Waals surface area contributed by atoms with Gasteiger partial charge in [-0.3, -0.25) is 4.79 Å². The molecule has 0 unspecified atom stereocenters. The summed E-state index contributed by atoms with van der Waals surface area (Å²) in [6.45, 7) is 0. The van der Waals surface area contributed by atoms with Gasteiger partial charge in [-0.05, 0) is 36.4 Å². The van der Waals surface area contributed by atoms with Gasteiger partial charge < -0.3 is 5.32 Å². The quantitative estimate of drug-likeness (QED) is 0.342. The van der Waals surface area contributed by atoms with Gasteiger partial charge in [-0.2, -0.15) is 23.0 Å². The fourth-order valence-corrected chi connectivity index (χ4v) is 4.14. The Morgan fingerprint density at radius 3 is 2.58 bits per heavy atom. The van der Waals surface area contributed by atoms with E-state index in [1.807, 2.05) is 0 Å². The molecule has 0 fully saturated rings. The molecule has 38 heavy (non-hydrogen) atoms. The predicted molar refractivity (Wildman–Crippen MR) is 131 cm³/mol. The predicted octanol–water partition coefficient (Wildman–Crippen LogP) is 4.87. The first-order valence-electron chi connectivity index (χ1n) is 10.9. The molecule has 188 valence electrons. The van der Waals surface area contributed by atoms with Crippen molar-refractivity contribution < 1.29 is 18.0 Å². The van der Waals surface area contributed by atoms with Gasteiger partial charge in [-0.25, -0.2) is 19.6 Å². The van der Waals surface area contributed by atoms with E-state index in [-0.39, 0.29) is 22.3 Å². The Balaban J connectivity index is 1.33. The van der Waals surface area contributed by atoms with Gasteiger partial charge in [0, 0.05) is 11.6 Å². The molecule has 0 aliphatic carbocycles. The smallest absolute Gasteiger partial charge is 0.320 e. The van der Waals surface area contributed by atoms with Crippen LogP contribution in [0.25, 0.3) is 33.7 Å². The van der Waals surface area contributed by atoms with E-state index in [9.17, 15) is 18.0 Å². The summed E-state index contributed by atoms with van der Waals surface area (Å²) in [5.41, 5.74) is -0.502. The highest BCUT2D eigenvalue weighted by Gasteiger charge is 2.41. The lowest BCUT2D eigenvalue weighted by Crippen LogP contribution is -2.21. The number of anilines is 1. The number of carbonyl (C=O) groups is 1. The summed E-state index contributed by atoms with van der Waals surface area (Å²) in [6, 6.07) is 14.7. The lowest BCUT2D eigenvalue weighted by Gasteiger charge is -2.13. The Morgan fingerprint density at radius 1 is 0.947 bits per heavy atom. The SMILES string of the molecule is O=C(Nc1cnc(-n2nnc3cccnc32)c(Cl)c1)c1cnn(-c2ccc3ccccc3n2)c1C(F)(F)F. The number of hydrogen-bond acceptors (Lipinski definition) is 7. The molecule has 10 nitrogen and oxygen atoms in total. The number of alkyl halides is 3. The summed E-state index contributed by atoms with van der Waals surface area (Å²) in [4.78, 5) is 25.6. The first-order chi connectivity index (χ1) is 18.3. The Labute approximate surface area is 215 Å². The number of hydrogen-bond donors (Lipinski definition) is 1. The number of amides is 1. The van der Waals surface area contributed by atoms with Crippen molar-refractivity contribution in [1.29, 1.82) is 0 Å². The van der Waals surface area contributed by atoms with E-state index in [1.54, 1.807) is 48.7 Å². The summed E-state index contributed by atoms with van der Waals surface area (Å²) in [6.07, 6.45) is -1.28. The van der Waals surface area contributed by atoms with Gasteiger partial charge >= 0.3 is 6.18 Å². The van der Waals surface area contributed by atoms with Gasteiger partial charge in [0.15, 0.2) is 23.0 Å². The second kappa shape index (κ2) is 8.88. The van der Waals surface area contributed by atoms with Crippen LogP contribution in [0.3, 0.4) is 0 Å². The van der Waals surface area contributed by atoms with Gasteiger partial charge in [0.05, 0.1) is 34.2 Å². The highest BCUT2D eigenvalue weighted by molar-refractivity contribution is 6.32. The van der Waals surface area contributed by atoms with Crippen LogP contribution in [0.1, 0.15) is 16.1 Å². The number of halogens is 4. The number of carbonyl (C=O) groups excluding carboxylic acids is 1. The van der Waals surface area contributed by atoms with E-state index in [2.05, 4.69) is 35.7 Å². The summed E-state index contributed by atoms with van der Waals surface area (Å²) in [5.74, 6) is -0.960. The van der Waals surface area contributed by atoms with Crippen LogP contribution < -0.4 is 5.32 Å². The van der Waals surface area contributed by atoms with E-state index < -0.39 is 23.3 Å². The summed E-state index contributed by atoms with van der Waals surface area (Å²) < 4.78 is 44.3. The molecule has 5 aromatic heterocycles. The number of pyridine rings is 3. The molecule has 0 bridgehead atoms. The second-order valence-corrected chi connectivity index (χ2v) is 8.42. The van der Waals surface area contributed by atoms with Crippen molar-refractivity contribution in [2.75, 3.05) is 5.32 Å². The van der Waals surface area contributed by atoms with E-state index in [4.69, 9.17) is 11.6 Å². The van der Waals surface area contributed by atoms with Gasteiger partial charge in [-0.15, -0.1) is 5.10 Å². The fraction of sp³-hybridized carbons (Fsp3) is 0.0417. The Morgan fingerprint density at radius 2 is 1.76 bits per heavy atom. The van der Waals surface area contributed by atoms with Crippen LogP contribution in [0.15, 0.2) is 73.2 Å². The Hall–Kier alpha value is -4.91. The fourth-order valence-electron chi connectivity index (χ4n) is 3.90. The van der Waals surface area contributed by atoms with Crippen LogP contribution in [0.2, 0.25) is 5.02 Å². The minimum absolute atomic E-state index is 0.0610. The molecule has 14 heteroatoms. The molecule has 0 aliphatic heterocycles. The number of nitrogens with one attached hydrogen (secondary N) is 1.